The fourth-order valence-corrected chi connectivity index (χ4v) is 2.66. The Bertz CT molecular complexity index is 428. The summed E-state index contributed by atoms with van der Waals surface area (Å²) in [4.78, 5) is 5.80. The van der Waals surface area contributed by atoms with Gasteiger partial charge in [-0.2, -0.15) is 0 Å². The van der Waals surface area contributed by atoms with E-state index in [1.807, 2.05) is 4.90 Å². The molecule has 86 valence electrons. The molecule has 2 nitrogen and oxygen atoms in total. The lowest BCUT2D eigenvalue weighted by Crippen LogP contribution is -2.60. The highest BCUT2D eigenvalue weighted by molar-refractivity contribution is 6.42. The van der Waals surface area contributed by atoms with Crippen LogP contribution in [0.1, 0.15) is 12.8 Å². The largest absolute Gasteiger partial charge is 0.364 e. The number of rotatable bonds is 2. The van der Waals surface area contributed by atoms with Gasteiger partial charge in [0.25, 0.3) is 0 Å². The first-order valence-corrected chi connectivity index (χ1v) is 6.10. The summed E-state index contributed by atoms with van der Waals surface area (Å²) in [6.07, 6.45) is 3.64. The van der Waals surface area contributed by atoms with Gasteiger partial charge < -0.3 is 4.90 Å². The maximum Gasteiger partial charge on any atom is 0.149 e. The van der Waals surface area contributed by atoms with Crippen LogP contribution in [0.3, 0.4) is 0 Å². The normalized spacial score (nSPS) is 23.1. The second kappa shape index (κ2) is 3.47. The van der Waals surface area contributed by atoms with Gasteiger partial charge >= 0.3 is 0 Å². The summed E-state index contributed by atoms with van der Waals surface area (Å²) in [7, 11) is 0. The summed E-state index contributed by atoms with van der Waals surface area (Å²) < 4.78 is 14.1. The van der Waals surface area contributed by atoms with Gasteiger partial charge in [-0.15, -0.1) is 0 Å². The molecule has 0 amide bonds. The van der Waals surface area contributed by atoms with E-state index < -0.39 is 5.67 Å². The Labute approximate surface area is 103 Å². The van der Waals surface area contributed by atoms with Crippen molar-refractivity contribution in [3.05, 3.63) is 22.4 Å². The first-order chi connectivity index (χ1) is 7.60. The van der Waals surface area contributed by atoms with Crippen LogP contribution in [-0.2, 0) is 0 Å². The second-order valence-corrected chi connectivity index (χ2v) is 5.34. The zero-order valence-corrected chi connectivity index (χ0v) is 10.1. The molecular formula is C11H11Cl2FN2. The average Bonchev–Trinajstić information content (AvgIpc) is 3.01. The van der Waals surface area contributed by atoms with Gasteiger partial charge in [0.2, 0.25) is 0 Å². The van der Waals surface area contributed by atoms with Crippen LogP contribution in [0.2, 0.25) is 10.2 Å². The van der Waals surface area contributed by atoms with E-state index in [0.717, 1.165) is 18.5 Å². The van der Waals surface area contributed by atoms with Crippen molar-refractivity contribution >= 4 is 28.9 Å². The van der Waals surface area contributed by atoms with Crippen LogP contribution in [0.15, 0.2) is 12.3 Å². The molecule has 2 heterocycles. The molecule has 0 atom stereocenters. The summed E-state index contributed by atoms with van der Waals surface area (Å²) in [5.41, 5.74) is -0.213. The van der Waals surface area contributed by atoms with Crippen molar-refractivity contribution in [1.29, 1.82) is 0 Å². The zero-order chi connectivity index (χ0) is 11.3. The molecule has 16 heavy (non-hydrogen) atoms. The van der Waals surface area contributed by atoms with E-state index in [4.69, 9.17) is 23.2 Å². The molecule has 0 N–H and O–H groups in total. The summed E-state index contributed by atoms with van der Waals surface area (Å²) in [5.74, 6) is 0.264. The third-order valence-corrected chi connectivity index (χ3v) is 4.14. The van der Waals surface area contributed by atoms with Crippen LogP contribution < -0.4 is 4.90 Å². The molecule has 2 aliphatic rings. The number of alkyl halides is 1. The molecule has 2 fully saturated rings. The van der Waals surface area contributed by atoms with Gasteiger partial charge in [-0.25, -0.2) is 9.37 Å². The van der Waals surface area contributed by atoms with E-state index in [9.17, 15) is 4.39 Å². The van der Waals surface area contributed by atoms with E-state index in [-0.39, 0.29) is 11.1 Å². The van der Waals surface area contributed by atoms with E-state index in [2.05, 4.69) is 4.98 Å². The Morgan fingerprint density at radius 3 is 2.69 bits per heavy atom. The quantitative estimate of drug-likeness (QED) is 0.759. The average molecular weight is 261 g/mol. The van der Waals surface area contributed by atoms with Gasteiger partial charge in [-0.05, 0) is 24.8 Å². The minimum atomic E-state index is -1.00. The first-order valence-electron chi connectivity index (χ1n) is 5.34. The van der Waals surface area contributed by atoms with Crippen LogP contribution in [0.4, 0.5) is 10.1 Å². The Balaban J connectivity index is 1.78. The molecule has 0 aromatic carbocycles. The van der Waals surface area contributed by atoms with Crippen molar-refractivity contribution in [3.8, 4) is 0 Å². The minimum absolute atomic E-state index is 0.264. The minimum Gasteiger partial charge on any atom is -0.364 e. The molecule has 1 aromatic rings. The first kappa shape index (κ1) is 10.6. The van der Waals surface area contributed by atoms with Gasteiger partial charge in [0, 0.05) is 6.20 Å². The standard InChI is InChI=1S/C11H11Cl2FN2/c12-9-8(3-4-15-10(9)13)16-5-11(14,6-16)7-1-2-7/h3-4,7H,1-2,5-6H2. The SMILES string of the molecule is FC1(C2CC2)CN(c2ccnc(Cl)c2Cl)C1. The van der Waals surface area contributed by atoms with Gasteiger partial charge in [0.05, 0.1) is 18.8 Å². The smallest absolute Gasteiger partial charge is 0.149 e. The predicted molar refractivity (Wildman–Crippen MR) is 63.0 cm³/mol. The number of pyridine rings is 1. The topological polar surface area (TPSA) is 16.1 Å². The van der Waals surface area contributed by atoms with Crippen molar-refractivity contribution in [2.75, 3.05) is 18.0 Å². The number of aromatic nitrogens is 1. The van der Waals surface area contributed by atoms with Crippen molar-refractivity contribution in [3.63, 3.8) is 0 Å². The summed E-state index contributed by atoms with van der Waals surface area (Å²) in [6.45, 7) is 0.857. The van der Waals surface area contributed by atoms with Gasteiger partial charge in [-0.1, -0.05) is 23.2 Å². The van der Waals surface area contributed by atoms with Gasteiger partial charge in [0.15, 0.2) is 0 Å². The third-order valence-electron chi connectivity index (χ3n) is 3.38. The van der Waals surface area contributed by atoms with E-state index in [1.165, 1.54) is 0 Å². The van der Waals surface area contributed by atoms with Crippen LogP contribution in [0.5, 0.6) is 0 Å². The third kappa shape index (κ3) is 1.57. The highest BCUT2D eigenvalue weighted by Gasteiger charge is 2.54. The van der Waals surface area contributed by atoms with E-state index in [0.29, 0.717) is 18.1 Å². The lowest BCUT2D eigenvalue weighted by molar-refractivity contribution is 0.0932. The molecular weight excluding hydrogens is 250 g/mol. The number of nitrogens with zero attached hydrogens (tertiary/aromatic N) is 2. The number of hydrogen-bond acceptors (Lipinski definition) is 2. The monoisotopic (exact) mass is 260 g/mol. The van der Waals surface area contributed by atoms with Crippen LogP contribution in [0, 0.1) is 5.92 Å². The molecule has 1 saturated heterocycles. The lowest BCUT2D eigenvalue weighted by Gasteiger charge is -2.46. The number of hydrogen-bond donors (Lipinski definition) is 0. The number of halogens is 3. The van der Waals surface area contributed by atoms with Crippen LogP contribution >= 0.6 is 23.2 Å². The van der Waals surface area contributed by atoms with Gasteiger partial charge in [-0.3, -0.25) is 0 Å². The number of anilines is 1. The Morgan fingerprint density at radius 1 is 1.38 bits per heavy atom. The fourth-order valence-electron chi connectivity index (χ4n) is 2.27. The molecule has 0 spiro atoms. The molecule has 1 aliphatic heterocycles. The van der Waals surface area contributed by atoms with Crippen molar-refractivity contribution in [1.82, 2.24) is 4.98 Å². The summed E-state index contributed by atoms with van der Waals surface area (Å²) in [5, 5.41) is 0.698. The van der Waals surface area contributed by atoms with Crippen molar-refractivity contribution < 1.29 is 4.39 Å². The maximum atomic E-state index is 14.1. The molecule has 1 saturated carbocycles. The molecule has 5 heteroatoms. The second-order valence-electron chi connectivity index (χ2n) is 4.60. The summed E-state index contributed by atoms with van der Waals surface area (Å²) >= 11 is 11.9. The highest BCUT2D eigenvalue weighted by Crippen LogP contribution is 2.49. The van der Waals surface area contributed by atoms with E-state index >= 15 is 0 Å². The van der Waals surface area contributed by atoms with Crippen molar-refractivity contribution in [2.45, 2.75) is 18.5 Å². The van der Waals surface area contributed by atoms with Crippen LogP contribution in [-0.4, -0.2) is 23.7 Å². The Kier molecular flexibility index (Phi) is 2.30. The molecule has 1 aromatic heterocycles. The lowest BCUT2D eigenvalue weighted by atomic mass is 9.90. The van der Waals surface area contributed by atoms with Crippen molar-refractivity contribution in [2.24, 2.45) is 5.92 Å². The molecule has 0 radical (unpaired) electrons. The fraction of sp³-hybridized carbons (Fsp3) is 0.545. The van der Waals surface area contributed by atoms with Gasteiger partial charge in [0.1, 0.15) is 15.8 Å². The van der Waals surface area contributed by atoms with Crippen LogP contribution in [0.25, 0.3) is 0 Å². The summed E-state index contributed by atoms with van der Waals surface area (Å²) in [6, 6.07) is 1.78. The molecule has 0 unspecified atom stereocenters. The Morgan fingerprint density at radius 2 is 2.06 bits per heavy atom. The zero-order valence-electron chi connectivity index (χ0n) is 8.59. The molecule has 0 bridgehead atoms. The Hall–Kier alpha value is -0.540. The predicted octanol–water partition coefficient (Wildman–Crippen LogP) is 3.33. The molecule has 3 rings (SSSR count). The maximum absolute atomic E-state index is 14.1. The van der Waals surface area contributed by atoms with E-state index in [1.54, 1.807) is 12.3 Å². The highest BCUT2D eigenvalue weighted by atomic mass is 35.5. The molecule has 1 aliphatic carbocycles.